The summed E-state index contributed by atoms with van der Waals surface area (Å²) in [5, 5.41) is 0. The predicted octanol–water partition coefficient (Wildman–Crippen LogP) is 6.23. The van der Waals surface area contributed by atoms with Crippen LogP contribution in [-0.2, 0) is 4.79 Å². The van der Waals surface area contributed by atoms with E-state index in [1.807, 2.05) is 0 Å². The van der Waals surface area contributed by atoms with E-state index in [1.54, 1.807) is 12.2 Å². The van der Waals surface area contributed by atoms with Gasteiger partial charge >= 0.3 is 0 Å². The van der Waals surface area contributed by atoms with E-state index in [1.165, 1.54) is 64.2 Å². The second kappa shape index (κ2) is 17.0. The molecule has 0 bridgehead atoms. The number of unbranched alkanes of at least 4 members (excludes halogenated alkanes) is 10. The lowest BCUT2D eigenvalue weighted by Crippen LogP contribution is -1.92. The molecule has 0 atom stereocenters. The lowest BCUT2D eigenvalue weighted by atomic mass is 10.1. The number of carbonyl (C=O) groups excluding carboxylic acids is 1. The molecular weight excluding hydrogens is 256 g/mol. The van der Waals surface area contributed by atoms with Gasteiger partial charge < -0.3 is 0 Å². The lowest BCUT2D eigenvalue weighted by Gasteiger charge is -1.99. The zero-order chi connectivity index (χ0) is 15.6. The topological polar surface area (TPSA) is 17.1 Å². The number of ketones is 1. The molecule has 0 aromatic carbocycles. The third-order valence-corrected chi connectivity index (χ3v) is 3.64. The van der Waals surface area contributed by atoms with Gasteiger partial charge in [-0.05, 0) is 25.0 Å². The van der Waals surface area contributed by atoms with Crippen LogP contribution in [0.5, 0.6) is 0 Å². The molecule has 0 aromatic heterocycles. The van der Waals surface area contributed by atoms with Gasteiger partial charge in [0.2, 0.25) is 0 Å². The monoisotopic (exact) mass is 290 g/mol. The van der Waals surface area contributed by atoms with Crippen LogP contribution in [0, 0.1) is 11.8 Å². The molecule has 0 fully saturated rings. The van der Waals surface area contributed by atoms with Crippen molar-refractivity contribution in [3.63, 3.8) is 0 Å². The standard InChI is InChI=1S/C20H34O/c1-3-5-7-9-11-13-15-17-19-20(21)18-16-14-12-10-8-6-4-2/h17,19H,3-12,14,16,18H2,1-2H3/b19-17+. The van der Waals surface area contributed by atoms with Crippen LogP contribution in [-0.4, -0.2) is 5.78 Å². The summed E-state index contributed by atoms with van der Waals surface area (Å²) in [6.45, 7) is 4.45. The Bertz CT molecular complexity index is 316. The second-order valence-corrected chi connectivity index (χ2v) is 5.80. The normalized spacial score (nSPS) is 10.6. The fourth-order valence-electron chi connectivity index (χ4n) is 2.25. The first-order valence-corrected chi connectivity index (χ1v) is 8.99. The smallest absolute Gasteiger partial charge is 0.156 e. The maximum atomic E-state index is 11.6. The van der Waals surface area contributed by atoms with Gasteiger partial charge in [0.1, 0.15) is 0 Å². The van der Waals surface area contributed by atoms with E-state index in [2.05, 4.69) is 25.7 Å². The number of rotatable bonds is 13. The Labute approximate surface area is 132 Å². The van der Waals surface area contributed by atoms with E-state index < -0.39 is 0 Å². The third-order valence-electron chi connectivity index (χ3n) is 3.64. The Hall–Kier alpha value is -1.03. The highest BCUT2D eigenvalue weighted by Gasteiger charge is 1.96. The Morgan fingerprint density at radius 3 is 2.05 bits per heavy atom. The third kappa shape index (κ3) is 16.9. The molecule has 0 N–H and O–H groups in total. The average Bonchev–Trinajstić information content (AvgIpc) is 2.49. The fourth-order valence-corrected chi connectivity index (χ4v) is 2.25. The van der Waals surface area contributed by atoms with E-state index in [0.29, 0.717) is 6.42 Å². The number of hydrogen-bond donors (Lipinski definition) is 0. The van der Waals surface area contributed by atoms with E-state index in [0.717, 1.165) is 12.8 Å². The van der Waals surface area contributed by atoms with E-state index in [-0.39, 0.29) is 5.78 Å². The van der Waals surface area contributed by atoms with Crippen LogP contribution in [0.15, 0.2) is 12.2 Å². The first kappa shape index (κ1) is 20.0. The highest BCUT2D eigenvalue weighted by Crippen LogP contribution is 2.08. The SMILES string of the molecule is CCCCCCC#C/C=C/C(=O)CCCCCCCCC. The summed E-state index contributed by atoms with van der Waals surface area (Å²) >= 11 is 0. The molecule has 120 valence electrons. The summed E-state index contributed by atoms with van der Waals surface area (Å²) in [7, 11) is 0. The predicted molar refractivity (Wildman–Crippen MR) is 93.3 cm³/mol. The Morgan fingerprint density at radius 1 is 0.810 bits per heavy atom. The summed E-state index contributed by atoms with van der Waals surface area (Å²) in [4.78, 5) is 11.6. The minimum atomic E-state index is 0.226. The molecule has 0 rings (SSSR count). The van der Waals surface area contributed by atoms with Crippen molar-refractivity contribution in [3.8, 4) is 11.8 Å². The van der Waals surface area contributed by atoms with Gasteiger partial charge in [-0.25, -0.2) is 0 Å². The fraction of sp³-hybridized carbons (Fsp3) is 0.750. The number of allylic oxidation sites excluding steroid dienone is 2. The van der Waals surface area contributed by atoms with Gasteiger partial charge in [-0.2, -0.15) is 0 Å². The van der Waals surface area contributed by atoms with Crippen molar-refractivity contribution >= 4 is 5.78 Å². The molecule has 0 aliphatic carbocycles. The van der Waals surface area contributed by atoms with Crippen molar-refractivity contribution in [1.29, 1.82) is 0 Å². The molecular formula is C20H34O. The van der Waals surface area contributed by atoms with Gasteiger partial charge in [-0.15, -0.1) is 0 Å². The molecule has 0 heterocycles. The van der Waals surface area contributed by atoms with E-state index in [9.17, 15) is 4.79 Å². The van der Waals surface area contributed by atoms with Crippen LogP contribution in [0.1, 0.15) is 97.3 Å². The van der Waals surface area contributed by atoms with Gasteiger partial charge in [-0.1, -0.05) is 83.5 Å². The second-order valence-electron chi connectivity index (χ2n) is 5.80. The van der Waals surface area contributed by atoms with E-state index in [4.69, 9.17) is 0 Å². The van der Waals surface area contributed by atoms with Crippen LogP contribution >= 0.6 is 0 Å². The summed E-state index contributed by atoms with van der Waals surface area (Å²) in [6, 6.07) is 0. The first-order valence-electron chi connectivity index (χ1n) is 8.99. The molecule has 0 saturated carbocycles. The molecule has 0 aromatic rings. The zero-order valence-electron chi connectivity index (χ0n) is 14.3. The van der Waals surface area contributed by atoms with Crippen LogP contribution in [0.2, 0.25) is 0 Å². The maximum Gasteiger partial charge on any atom is 0.156 e. The van der Waals surface area contributed by atoms with Crippen molar-refractivity contribution in [2.45, 2.75) is 97.3 Å². The molecule has 0 aliphatic heterocycles. The van der Waals surface area contributed by atoms with Crippen molar-refractivity contribution in [2.75, 3.05) is 0 Å². The van der Waals surface area contributed by atoms with Crippen molar-refractivity contribution in [1.82, 2.24) is 0 Å². The average molecular weight is 290 g/mol. The van der Waals surface area contributed by atoms with Gasteiger partial charge in [-0.3, -0.25) is 4.79 Å². The largest absolute Gasteiger partial charge is 0.295 e. The highest BCUT2D eigenvalue weighted by molar-refractivity contribution is 5.89. The summed E-state index contributed by atoms with van der Waals surface area (Å²) in [6.07, 6.45) is 18.8. The molecule has 0 amide bonds. The molecule has 0 spiro atoms. The summed E-state index contributed by atoms with van der Waals surface area (Å²) in [5.74, 6) is 6.30. The van der Waals surface area contributed by atoms with Gasteiger partial charge in [0.25, 0.3) is 0 Å². The number of hydrogen-bond acceptors (Lipinski definition) is 1. The van der Waals surface area contributed by atoms with Crippen molar-refractivity contribution in [3.05, 3.63) is 12.2 Å². The lowest BCUT2D eigenvalue weighted by molar-refractivity contribution is -0.114. The first-order chi connectivity index (χ1) is 10.3. The van der Waals surface area contributed by atoms with Crippen molar-refractivity contribution < 1.29 is 4.79 Å². The van der Waals surface area contributed by atoms with E-state index >= 15 is 0 Å². The quantitative estimate of drug-likeness (QED) is 0.223. The van der Waals surface area contributed by atoms with Crippen molar-refractivity contribution in [2.24, 2.45) is 0 Å². The molecule has 0 unspecified atom stereocenters. The van der Waals surface area contributed by atoms with Crippen LogP contribution < -0.4 is 0 Å². The zero-order valence-corrected chi connectivity index (χ0v) is 14.3. The minimum Gasteiger partial charge on any atom is -0.295 e. The van der Waals surface area contributed by atoms with Crippen LogP contribution in [0.4, 0.5) is 0 Å². The molecule has 1 heteroatoms. The maximum absolute atomic E-state index is 11.6. The summed E-state index contributed by atoms with van der Waals surface area (Å²) in [5.41, 5.74) is 0. The van der Waals surface area contributed by atoms with Crippen LogP contribution in [0.25, 0.3) is 0 Å². The Balaban J connectivity index is 3.43. The molecule has 0 radical (unpaired) electrons. The highest BCUT2D eigenvalue weighted by atomic mass is 16.1. The molecule has 21 heavy (non-hydrogen) atoms. The van der Waals surface area contributed by atoms with Crippen LogP contribution in [0.3, 0.4) is 0 Å². The van der Waals surface area contributed by atoms with Gasteiger partial charge in [0.05, 0.1) is 0 Å². The molecule has 0 saturated heterocycles. The van der Waals surface area contributed by atoms with Gasteiger partial charge in [0, 0.05) is 12.8 Å². The Kier molecular flexibility index (Phi) is 16.2. The number of carbonyl (C=O) groups is 1. The molecule has 1 nitrogen and oxygen atoms in total. The molecule has 0 aliphatic rings. The Morgan fingerprint density at radius 2 is 1.38 bits per heavy atom. The minimum absolute atomic E-state index is 0.226. The summed E-state index contributed by atoms with van der Waals surface area (Å²) < 4.78 is 0. The van der Waals surface area contributed by atoms with Gasteiger partial charge in [0.15, 0.2) is 5.78 Å².